The van der Waals surface area contributed by atoms with Crippen LogP contribution in [0.2, 0.25) is 0 Å². The van der Waals surface area contributed by atoms with Gasteiger partial charge in [0.1, 0.15) is 5.39 Å². The Balaban J connectivity index is 3.14. The van der Waals surface area contributed by atoms with E-state index >= 15 is 0 Å². The zero-order chi connectivity index (χ0) is 17.3. The quantitative estimate of drug-likeness (QED) is 0.602. The Morgan fingerprint density at radius 1 is 0.870 bits per heavy atom. The first-order chi connectivity index (χ1) is 10.8. The Hall–Kier alpha value is -3.50. The van der Waals surface area contributed by atoms with E-state index in [0.717, 1.165) is 13.2 Å². The van der Waals surface area contributed by atoms with E-state index in [9.17, 15) is 30.3 Å². The van der Waals surface area contributed by atoms with Crippen molar-refractivity contribution in [1.29, 1.82) is 0 Å². The second kappa shape index (κ2) is 5.71. The van der Waals surface area contributed by atoms with Gasteiger partial charge in [-0.05, 0) is 12.1 Å². The molecule has 0 heterocycles. The summed E-state index contributed by atoms with van der Waals surface area (Å²) in [5.41, 5.74) is -2.18. The highest BCUT2D eigenvalue weighted by molar-refractivity contribution is 6.04. The van der Waals surface area contributed by atoms with Crippen LogP contribution in [0.5, 0.6) is 11.5 Å². The van der Waals surface area contributed by atoms with E-state index in [1.807, 2.05) is 0 Å². The molecule has 0 aliphatic carbocycles. The molecule has 2 rings (SSSR count). The lowest BCUT2D eigenvalue weighted by atomic mass is 10.0. The van der Waals surface area contributed by atoms with E-state index in [-0.39, 0.29) is 11.1 Å². The molecule has 0 spiro atoms. The van der Waals surface area contributed by atoms with Crippen molar-refractivity contribution in [3.8, 4) is 11.5 Å². The third-order valence-corrected chi connectivity index (χ3v) is 3.14. The zero-order valence-corrected chi connectivity index (χ0v) is 11.8. The molecule has 11 heteroatoms. The number of rotatable bonds is 5. The lowest BCUT2D eigenvalue weighted by Gasteiger charge is -2.09. The van der Waals surface area contributed by atoms with Gasteiger partial charge in [0, 0.05) is 11.5 Å². The van der Waals surface area contributed by atoms with Crippen LogP contribution in [0.1, 0.15) is 0 Å². The summed E-state index contributed by atoms with van der Waals surface area (Å²) in [4.78, 5) is 31.1. The van der Waals surface area contributed by atoms with Gasteiger partial charge in [0.25, 0.3) is 5.75 Å². The minimum absolute atomic E-state index is 0.0447. The summed E-state index contributed by atoms with van der Waals surface area (Å²) in [6, 6.07) is 3.45. The molecule has 0 aliphatic heterocycles. The predicted molar refractivity (Wildman–Crippen MR) is 77.0 cm³/mol. The number of hydrogen-bond donors (Lipinski definition) is 0. The van der Waals surface area contributed by atoms with Crippen LogP contribution in [-0.4, -0.2) is 29.0 Å². The normalized spacial score (nSPS) is 10.3. The second-order valence-electron chi connectivity index (χ2n) is 4.26. The smallest absolute Gasteiger partial charge is 0.333 e. The summed E-state index contributed by atoms with van der Waals surface area (Å²) >= 11 is 0. The van der Waals surface area contributed by atoms with Crippen LogP contribution in [0.15, 0.2) is 18.2 Å². The Bertz CT molecular complexity index is 848. The molecule has 2 aromatic rings. The van der Waals surface area contributed by atoms with Crippen molar-refractivity contribution in [3.05, 3.63) is 48.5 Å². The number of methoxy groups -OCH3 is 2. The van der Waals surface area contributed by atoms with Crippen molar-refractivity contribution < 1.29 is 24.2 Å². The monoisotopic (exact) mass is 323 g/mol. The lowest BCUT2D eigenvalue weighted by molar-refractivity contribution is -0.397. The van der Waals surface area contributed by atoms with Crippen molar-refractivity contribution in [2.45, 2.75) is 0 Å². The molecule has 0 saturated heterocycles. The van der Waals surface area contributed by atoms with E-state index in [2.05, 4.69) is 0 Å². The van der Waals surface area contributed by atoms with Gasteiger partial charge in [0.05, 0.1) is 29.0 Å². The van der Waals surface area contributed by atoms with Crippen LogP contribution in [0, 0.1) is 30.3 Å². The second-order valence-corrected chi connectivity index (χ2v) is 4.26. The molecule has 2 aromatic carbocycles. The van der Waals surface area contributed by atoms with Crippen LogP contribution in [0.4, 0.5) is 17.1 Å². The van der Waals surface area contributed by atoms with Gasteiger partial charge in [0.2, 0.25) is 0 Å². The van der Waals surface area contributed by atoms with E-state index in [1.165, 1.54) is 19.2 Å². The van der Waals surface area contributed by atoms with Crippen LogP contribution in [-0.2, 0) is 0 Å². The van der Waals surface area contributed by atoms with Crippen molar-refractivity contribution in [3.63, 3.8) is 0 Å². The Labute approximate surface area is 127 Å². The summed E-state index contributed by atoms with van der Waals surface area (Å²) in [6.45, 7) is 0. The molecule has 0 unspecified atom stereocenters. The maximum atomic E-state index is 11.4. The van der Waals surface area contributed by atoms with E-state index < -0.39 is 43.0 Å². The molecule has 0 amide bonds. The third-order valence-electron chi connectivity index (χ3n) is 3.14. The molecular weight excluding hydrogens is 314 g/mol. The largest absolute Gasteiger partial charge is 0.490 e. The first kappa shape index (κ1) is 15.9. The molecule has 0 aliphatic rings. The molecule has 0 saturated carbocycles. The SMILES string of the molecule is COc1ccc2cc([N+](=O)[O-])c(OC)c([N+](=O)[O-])c2c1[N+](=O)[O-]. The molecule has 0 aromatic heterocycles. The molecule has 0 atom stereocenters. The number of nitrogens with zero attached hydrogens (tertiary/aromatic N) is 3. The minimum atomic E-state index is -0.958. The summed E-state index contributed by atoms with van der Waals surface area (Å²) in [7, 11) is 2.18. The van der Waals surface area contributed by atoms with Gasteiger partial charge in [-0.3, -0.25) is 30.3 Å². The highest BCUT2D eigenvalue weighted by atomic mass is 16.6. The molecule has 0 bridgehead atoms. The van der Waals surface area contributed by atoms with Crippen LogP contribution in [0.25, 0.3) is 10.8 Å². The Morgan fingerprint density at radius 3 is 1.91 bits per heavy atom. The number of nitro benzene ring substituents is 3. The molecule has 11 nitrogen and oxygen atoms in total. The topological polar surface area (TPSA) is 148 Å². The zero-order valence-electron chi connectivity index (χ0n) is 11.8. The maximum Gasteiger partial charge on any atom is 0.333 e. The van der Waals surface area contributed by atoms with Crippen LogP contribution < -0.4 is 9.47 Å². The molecular formula is C12H9N3O8. The summed E-state index contributed by atoms with van der Waals surface area (Å²) in [6.07, 6.45) is 0. The molecule has 120 valence electrons. The van der Waals surface area contributed by atoms with E-state index in [0.29, 0.717) is 0 Å². The van der Waals surface area contributed by atoms with Crippen molar-refractivity contribution in [1.82, 2.24) is 0 Å². The summed E-state index contributed by atoms with van der Waals surface area (Å²) in [5, 5.41) is 33.3. The highest BCUT2D eigenvalue weighted by Gasteiger charge is 2.36. The summed E-state index contributed by atoms with van der Waals surface area (Å²) < 4.78 is 9.63. The average Bonchev–Trinajstić information content (AvgIpc) is 2.50. The standard InChI is InChI=1S/C12H9N3O8/c1-22-8-4-3-6-5-7(13(16)17)12(23-2)11(15(20)21)9(6)10(8)14(18)19/h3-5H,1-2H3. The van der Waals surface area contributed by atoms with E-state index in [1.54, 1.807) is 0 Å². The number of fused-ring (bicyclic) bond motifs is 1. The van der Waals surface area contributed by atoms with Crippen molar-refractivity contribution in [2.75, 3.05) is 14.2 Å². The number of nitro groups is 3. The molecule has 0 fully saturated rings. The van der Waals surface area contributed by atoms with Gasteiger partial charge < -0.3 is 9.47 Å². The van der Waals surface area contributed by atoms with Gasteiger partial charge in [0.15, 0.2) is 5.75 Å². The van der Waals surface area contributed by atoms with Crippen LogP contribution in [0.3, 0.4) is 0 Å². The lowest BCUT2D eigenvalue weighted by Crippen LogP contribution is -2.03. The number of benzene rings is 2. The first-order valence-corrected chi connectivity index (χ1v) is 5.98. The summed E-state index contributed by atoms with van der Waals surface area (Å²) in [5.74, 6) is -0.870. The first-order valence-electron chi connectivity index (χ1n) is 5.98. The fourth-order valence-electron chi connectivity index (χ4n) is 2.26. The number of hydrogen-bond acceptors (Lipinski definition) is 8. The fraction of sp³-hybridized carbons (Fsp3) is 0.167. The molecule has 23 heavy (non-hydrogen) atoms. The van der Waals surface area contributed by atoms with Gasteiger partial charge >= 0.3 is 17.1 Å². The average molecular weight is 323 g/mol. The predicted octanol–water partition coefficient (Wildman–Crippen LogP) is 2.58. The maximum absolute atomic E-state index is 11.4. The third kappa shape index (κ3) is 2.43. The van der Waals surface area contributed by atoms with E-state index in [4.69, 9.17) is 9.47 Å². The fourth-order valence-corrected chi connectivity index (χ4v) is 2.26. The van der Waals surface area contributed by atoms with Crippen LogP contribution >= 0.6 is 0 Å². The van der Waals surface area contributed by atoms with Crippen molar-refractivity contribution in [2.24, 2.45) is 0 Å². The van der Waals surface area contributed by atoms with Crippen molar-refractivity contribution >= 4 is 27.8 Å². The minimum Gasteiger partial charge on any atom is -0.490 e. The highest BCUT2D eigenvalue weighted by Crippen LogP contribution is 2.48. The van der Waals surface area contributed by atoms with Gasteiger partial charge in [-0.25, -0.2) is 0 Å². The molecule has 0 N–H and O–H groups in total. The Morgan fingerprint density at radius 2 is 1.48 bits per heavy atom. The van der Waals surface area contributed by atoms with Gasteiger partial charge in [-0.2, -0.15) is 0 Å². The number of ether oxygens (including phenoxy) is 2. The molecule has 0 radical (unpaired) electrons. The Kier molecular flexibility index (Phi) is 3.94. The van der Waals surface area contributed by atoms with Gasteiger partial charge in [-0.1, -0.05) is 0 Å². The van der Waals surface area contributed by atoms with Gasteiger partial charge in [-0.15, -0.1) is 0 Å².